The van der Waals surface area contributed by atoms with Crippen LogP contribution in [-0.2, 0) is 0 Å². The summed E-state index contributed by atoms with van der Waals surface area (Å²) in [4.78, 5) is 4.24. The van der Waals surface area contributed by atoms with E-state index in [4.69, 9.17) is 5.73 Å². The Morgan fingerprint density at radius 1 is 1.00 bits per heavy atom. The number of fused-ring (bicyclic) bond motifs is 1. The minimum absolute atomic E-state index is 0.0958. The summed E-state index contributed by atoms with van der Waals surface area (Å²) in [6.07, 6.45) is 0. The van der Waals surface area contributed by atoms with Crippen molar-refractivity contribution in [3.63, 3.8) is 0 Å². The summed E-state index contributed by atoms with van der Waals surface area (Å²) in [6.45, 7) is 0. The van der Waals surface area contributed by atoms with Gasteiger partial charge < -0.3 is 5.73 Å². The lowest BCUT2D eigenvalue weighted by molar-refractivity contribution is 0.509. The third-order valence-corrected chi connectivity index (χ3v) is 3.72. The summed E-state index contributed by atoms with van der Waals surface area (Å²) >= 11 is 1.17. The number of hydrogen-bond donors (Lipinski definition) is 1. The lowest BCUT2D eigenvalue weighted by Gasteiger charge is -2.02. The molecule has 0 aliphatic carbocycles. The first kappa shape index (κ1) is 12.0. The molecule has 96 valence electrons. The Labute approximate surface area is 110 Å². The van der Waals surface area contributed by atoms with Gasteiger partial charge in [-0.1, -0.05) is 0 Å². The van der Waals surface area contributed by atoms with Crippen molar-refractivity contribution in [3.05, 3.63) is 47.8 Å². The van der Waals surface area contributed by atoms with Crippen molar-refractivity contribution < 1.29 is 13.2 Å². The van der Waals surface area contributed by atoms with E-state index in [0.29, 0.717) is 20.8 Å². The van der Waals surface area contributed by atoms with Gasteiger partial charge in [-0.3, -0.25) is 0 Å². The fourth-order valence-corrected chi connectivity index (χ4v) is 2.79. The quantitative estimate of drug-likeness (QED) is 0.685. The van der Waals surface area contributed by atoms with Crippen molar-refractivity contribution in [1.82, 2.24) is 4.98 Å². The van der Waals surface area contributed by atoms with Crippen LogP contribution in [0.4, 0.5) is 18.9 Å². The van der Waals surface area contributed by atoms with Crippen LogP contribution in [0.2, 0.25) is 0 Å². The monoisotopic (exact) mass is 280 g/mol. The molecule has 2 aromatic carbocycles. The predicted octanol–water partition coefficient (Wildman–Crippen LogP) is 3.96. The lowest BCUT2D eigenvalue weighted by atomic mass is 10.2. The van der Waals surface area contributed by atoms with Crippen LogP contribution >= 0.6 is 11.3 Å². The molecule has 0 fully saturated rings. The van der Waals surface area contributed by atoms with E-state index in [1.807, 2.05) is 0 Å². The van der Waals surface area contributed by atoms with E-state index >= 15 is 0 Å². The van der Waals surface area contributed by atoms with Gasteiger partial charge in [0.15, 0.2) is 11.6 Å². The van der Waals surface area contributed by atoms with E-state index < -0.39 is 11.6 Å². The van der Waals surface area contributed by atoms with Crippen LogP contribution in [0.25, 0.3) is 20.8 Å². The number of hydrogen-bond acceptors (Lipinski definition) is 3. The lowest BCUT2D eigenvalue weighted by Crippen LogP contribution is -1.94. The number of nitrogen functional groups attached to an aromatic ring is 1. The largest absolute Gasteiger partial charge is 0.398 e. The maximum absolute atomic E-state index is 13.3. The van der Waals surface area contributed by atoms with Gasteiger partial charge in [0.1, 0.15) is 10.8 Å². The topological polar surface area (TPSA) is 38.9 Å². The Hall–Kier alpha value is -2.08. The van der Waals surface area contributed by atoms with E-state index in [0.717, 1.165) is 12.1 Å². The maximum Gasteiger partial charge on any atom is 0.160 e. The first-order valence-corrected chi connectivity index (χ1v) is 6.17. The Balaban J connectivity index is 2.21. The number of nitrogens with two attached hydrogens (primary N) is 1. The van der Waals surface area contributed by atoms with Crippen molar-refractivity contribution in [2.24, 2.45) is 0 Å². The Morgan fingerprint density at radius 2 is 1.74 bits per heavy atom. The highest BCUT2D eigenvalue weighted by Gasteiger charge is 2.13. The molecular formula is C13H7F3N2S. The SMILES string of the molecule is Nc1cc(F)c(F)cc1-c1nc2ccc(F)cc2s1. The van der Waals surface area contributed by atoms with Crippen LogP contribution in [0.5, 0.6) is 0 Å². The van der Waals surface area contributed by atoms with Crippen molar-refractivity contribution in [2.75, 3.05) is 5.73 Å². The number of anilines is 1. The first-order valence-electron chi connectivity index (χ1n) is 5.35. The Morgan fingerprint density at radius 3 is 2.53 bits per heavy atom. The summed E-state index contributed by atoms with van der Waals surface area (Å²) in [6, 6.07) is 6.07. The molecule has 2 N–H and O–H groups in total. The van der Waals surface area contributed by atoms with E-state index in [1.54, 1.807) is 0 Å². The molecular weight excluding hydrogens is 273 g/mol. The molecule has 0 bridgehead atoms. The van der Waals surface area contributed by atoms with Gasteiger partial charge in [-0.25, -0.2) is 18.2 Å². The number of halogens is 3. The van der Waals surface area contributed by atoms with Crippen LogP contribution in [0.1, 0.15) is 0 Å². The molecule has 0 unspecified atom stereocenters. The van der Waals surface area contributed by atoms with E-state index in [9.17, 15) is 13.2 Å². The standard InChI is InChI=1S/C13H7F3N2S/c14-6-1-2-11-12(3-6)19-13(18-11)7-4-8(15)9(16)5-10(7)17/h1-5H,17H2. The zero-order valence-corrected chi connectivity index (χ0v) is 10.3. The molecule has 3 rings (SSSR count). The van der Waals surface area contributed by atoms with Gasteiger partial charge >= 0.3 is 0 Å². The number of benzene rings is 2. The van der Waals surface area contributed by atoms with Gasteiger partial charge in [0.2, 0.25) is 0 Å². The minimum atomic E-state index is -1.01. The summed E-state index contributed by atoms with van der Waals surface area (Å²) in [5.41, 5.74) is 6.65. The second kappa shape index (κ2) is 4.24. The second-order valence-electron chi connectivity index (χ2n) is 3.98. The van der Waals surface area contributed by atoms with Gasteiger partial charge in [-0.15, -0.1) is 11.3 Å². The first-order chi connectivity index (χ1) is 9.04. The van der Waals surface area contributed by atoms with Crippen molar-refractivity contribution in [1.29, 1.82) is 0 Å². The van der Waals surface area contributed by atoms with E-state index in [2.05, 4.69) is 4.98 Å². The highest BCUT2D eigenvalue weighted by Crippen LogP contribution is 2.34. The van der Waals surface area contributed by atoms with Gasteiger partial charge in [-0.2, -0.15) is 0 Å². The molecule has 0 saturated carbocycles. The Bertz CT molecular complexity index is 783. The molecule has 3 aromatic rings. The van der Waals surface area contributed by atoms with Gasteiger partial charge in [0.25, 0.3) is 0 Å². The smallest absolute Gasteiger partial charge is 0.160 e. The zero-order valence-electron chi connectivity index (χ0n) is 9.45. The molecule has 0 saturated heterocycles. The van der Waals surface area contributed by atoms with Gasteiger partial charge in [0, 0.05) is 17.3 Å². The molecule has 2 nitrogen and oxygen atoms in total. The van der Waals surface area contributed by atoms with E-state index in [1.165, 1.54) is 29.5 Å². The fourth-order valence-electron chi connectivity index (χ4n) is 1.76. The normalized spacial score (nSPS) is 11.1. The van der Waals surface area contributed by atoms with Crippen molar-refractivity contribution in [3.8, 4) is 10.6 Å². The summed E-state index contributed by atoms with van der Waals surface area (Å²) < 4.78 is 40.0. The van der Waals surface area contributed by atoms with Crippen LogP contribution in [0.15, 0.2) is 30.3 Å². The highest BCUT2D eigenvalue weighted by atomic mass is 32.1. The number of rotatable bonds is 1. The average molecular weight is 280 g/mol. The molecule has 19 heavy (non-hydrogen) atoms. The zero-order chi connectivity index (χ0) is 13.6. The van der Waals surface area contributed by atoms with Crippen molar-refractivity contribution in [2.45, 2.75) is 0 Å². The van der Waals surface area contributed by atoms with Crippen LogP contribution < -0.4 is 5.73 Å². The van der Waals surface area contributed by atoms with Crippen molar-refractivity contribution >= 4 is 27.2 Å². The molecule has 0 spiro atoms. The number of thiazole rings is 1. The summed E-state index contributed by atoms with van der Waals surface area (Å²) in [5.74, 6) is -2.37. The fraction of sp³-hybridized carbons (Fsp3) is 0. The molecule has 6 heteroatoms. The number of nitrogens with zero attached hydrogens (tertiary/aromatic N) is 1. The third-order valence-electron chi connectivity index (χ3n) is 2.67. The molecule has 0 aliphatic rings. The van der Waals surface area contributed by atoms with Crippen LogP contribution in [-0.4, -0.2) is 4.98 Å². The minimum Gasteiger partial charge on any atom is -0.398 e. The van der Waals surface area contributed by atoms with Gasteiger partial charge in [0.05, 0.1) is 10.2 Å². The summed E-state index contributed by atoms with van der Waals surface area (Å²) in [7, 11) is 0. The van der Waals surface area contributed by atoms with Crippen LogP contribution in [0, 0.1) is 17.5 Å². The maximum atomic E-state index is 13.3. The highest BCUT2D eigenvalue weighted by molar-refractivity contribution is 7.21. The molecule has 0 amide bonds. The van der Waals surface area contributed by atoms with Crippen LogP contribution in [0.3, 0.4) is 0 Å². The van der Waals surface area contributed by atoms with Gasteiger partial charge in [-0.05, 0) is 24.3 Å². The molecule has 1 aromatic heterocycles. The molecule has 0 radical (unpaired) electrons. The average Bonchev–Trinajstić information content (AvgIpc) is 2.76. The Kier molecular flexibility index (Phi) is 2.67. The molecule has 0 atom stereocenters. The predicted molar refractivity (Wildman–Crippen MR) is 69.3 cm³/mol. The number of aromatic nitrogens is 1. The molecule has 1 heterocycles. The van der Waals surface area contributed by atoms with E-state index in [-0.39, 0.29) is 11.5 Å². The second-order valence-corrected chi connectivity index (χ2v) is 5.02. The molecule has 0 aliphatic heterocycles. The third kappa shape index (κ3) is 2.04. The summed E-state index contributed by atoms with van der Waals surface area (Å²) in [5, 5.41) is 0.428.